The third-order valence-electron chi connectivity index (χ3n) is 0.0745. The minimum Gasteiger partial charge on any atom is -0.397 e. The summed E-state index contributed by atoms with van der Waals surface area (Å²) in [5, 5.41) is 7.44. The molecule has 0 heterocycles. The van der Waals surface area contributed by atoms with E-state index in [2.05, 4.69) is 5.73 Å². The summed E-state index contributed by atoms with van der Waals surface area (Å²) in [6, 6.07) is 0. The summed E-state index contributed by atoms with van der Waals surface area (Å²) < 4.78 is 0. The molecule has 0 aliphatic heterocycles. The fourth-order valence-corrected chi connectivity index (χ4v) is 0. The summed E-state index contributed by atoms with van der Waals surface area (Å²) >= 11 is 0. The maximum Gasteiger partial charge on any atom is 0.0589 e. The van der Waals surface area contributed by atoms with Gasteiger partial charge < -0.3 is 5.73 Å². The van der Waals surface area contributed by atoms with E-state index < -0.39 is 0 Å². The van der Waals surface area contributed by atoms with Gasteiger partial charge in [-0.05, 0) is 0 Å². The van der Waals surface area contributed by atoms with Crippen LogP contribution in [0.15, 0.2) is 6.20 Å². The van der Waals surface area contributed by atoms with Crippen LogP contribution in [0.5, 0.6) is 0 Å². The molecule has 0 saturated carbocycles. The molecule has 0 saturated heterocycles. The van der Waals surface area contributed by atoms with Crippen LogP contribution in [-0.4, -0.2) is 5.87 Å². The molecule has 0 aromatic carbocycles. The Morgan fingerprint density at radius 2 is 2.25 bits per heavy atom. The second-order valence-corrected chi connectivity index (χ2v) is 0.296. The quantitative estimate of drug-likeness (QED) is 0.352. The van der Waals surface area contributed by atoms with Crippen LogP contribution in [0.3, 0.4) is 0 Å². The van der Waals surface area contributed by atoms with Crippen molar-refractivity contribution >= 4 is 5.87 Å². The Bertz CT molecular complexity index is 42.0. The van der Waals surface area contributed by atoms with E-state index in [4.69, 9.17) is 5.41 Å². The van der Waals surface area contributed by atoms with Gasteiger partial charge in [0.2, 0.25) is 0 Å². The maximum atomic E-state index is 7.44. The van der Waals surface area contributed by atoms with Gasteiger partial charge in [-0.2, -0.15) is 0 Å². The van der Waals surface area contributed by atoms with Gasteiger partial charge in [0.1, 0.15) is 0 Å². The highest BCUT2D eigenvalue weighted by Gasteiger charge is 1.25. The molecule has 0 aliphatic rings. The molecule has 0 rings (SSSR count). The lowest BCUT2D eigenvalue weighted by molar-refractivity contribution is 1.65. The smallest absolute Gasteiger partial charge is 0.0589 e. The van der Waals surface area contributed by atoms with Crippen molar-refractivity contribution in [3.63, 3.8) is 0 Å². The first-order chi connectivity index (χ1) is 1.91. The molecule has 0 aliphatic carbocycles. The second kappa shape index (κ2) is 2.25. The van der Waals surface area contributed by atoms with Gasteiger partial charge in [0.05, 0.1) is 6.20 Å². The summed E-state index contributed by atoms with van der Waals surface area (Å²) in [5.74, 6) is 1.58. The van der Waals surface area contributed by atoms with Crippen molar-refractivity contribution in [2.24, 2.45) is 5.73 Å². The van der Waals surface area contributed by atoms with Crippen LogP contribution in [0.2, 0.25) is 0 Å². The summed E-state index contributed by atoms with van der Waals surface area (Å²) in [6.45, 7) is 0. The molecule has 4 heavy (non-hydrogen) atoms. The van der Waals surface area contributed by atoms with Crippen molar-refractivity contribution in [3.05, 3.63) is 6.20 Å². The highest BCUT2D eigenvalue weighted by Crippen LogP contribution is 1.10. The largest absolute Gasteiger partial charge is 0.397 e. The lowest BCUT2D eigenvalue weighted by Gasteiger charge is -1.41. The molecule has 0 bridgehead atoms. The van der Waals surface area contributed by atoms with E-state index in [0.717, 1.165) is 6.20 Å². The van der Waals surface area contributed by atoms with Crippen LogP contribution < -0.4 is 11.1 Å². The first-order valence-corrected chi connectivity index (χ1v) is 0.846. The number of hydrogen-bond donors (Lipinski definition) is 1. The Hall–Kier alpha value is -0.750. The lowest BCUT2D eigenvalue weighted by Crippen LogP contribution is -1.73. The standard InChI is InChI=1S/C2H3N2/c3-1-2-4/h1H,3H2. The molecule has 0 aromatic rings. The zero-order chi connectivity index (χ0) is 3.41. The molecular formula is C2H3N2. The van der Waals surface area contributed by atoms with Gasteiger partial charge in [-0.3, -0.25) is 0 Å². The average Bonchev–Trinajstić information content (AvgIpc) is 1.37. The predicted octanol–water partition coefficient (Wildman–Crippen LogP) is -1.07. The molecule has 0 amide bonds. The Morgan fingerprint density at radius 3 is 2.25 bits per heavy atom. The topological polar surface area (TPSA) is 48.3 Å². The predicted molar refractivity (Wildman–Crippen MR) is 15.9 cm³/mol. The van der Waals surface area contributed by atoms with Gasteiger partial charge in [0, 0.05) is 5.87 Å². The first kappa shape index (κ1) is 3.25. The Balaban J connectivity index is 3.11. The SMILES string of the molecule is [N]=C=CN. The molecule has 2 N–H and O–H groups in total. The van der Waals surface area contributed by atoms with E-state index in [1.54, 1.807) is 5.87 Å². The zero-order valence-electron chi connectivity index (χ0n) is 2.10. The molecule has 0 fully saturated rings. The lowest BCUT2D eigenvalue weighted by atomic mass is 11.0. The van der Waals surface area contributed by atoms with Crippen LogP contribution in [0.25, 0.3) is 0 Å². The molecule has 1 radical (unpaired) electrons. The van der Waals surface area contributed by atoms with E-state index in [-0.39, 0.29) is 0 Å². The highest BCUT2D eigenvalue weighted by molar-refractivity contribution is 5.46. The maximum absolute atomic E-state index is 7.44. The number of nitrogens with zero attached hydrogens (tertiary/aromatic N) is 1. The van der Waals surface area contributed by atoms with Crippen LogP contribution in [-0.2, 0) is 0 Å². The monoisotopic (exact) mass is 55.0 g/mol. The normalized spacial score (nSPS) is 4.00. The van der Waals surface area contributed by atoms with E-state index in [1.807, 2.05) is 0 Å². The van der Waals surface area contributed by atoms with Crippen molar-refractivity contribution in [2.75, 3.05) is 0 Å². The van der Waals surface area contributed by atoms with Gasteiger partial charge in [-0.25, -0.2) is 0 Å². The Labute approximate surface area is 24.4 Å². The summed E-state index contributed by atoms with van der Waals surface area (Å²) in [7, 11) is 0. The third kappa shape index (κ3) is 1.25. The molecular weight excluding hydrogens is 52.0 g/mol. The molecule has 0 spiro atoms. The van der Waals surface area contributed by atoms with E-state index in [0.29, 0.717) is 0 Å². The molecule has 21 valence electrons. The van der Waals surface area contributed by atoms with Gasteiger partial charge >= 0.3 is 0 Å². The van der Waals surface area contributed by atoms with Crippen LogP contribution in [0.1, 0.15) is 0 Å². The fraction of sp³-hybridized carbons (Fsp3) is 0. The van der Waals surface area contributed by atoms with Crippen molar-refractivity contribution in [1.82, 2.24) is 5.41 Å². The number of nitrogens with two attached hydrogens (primary N) is 1. The van der Waals surface area contributed by atoms with E-state index in [9.17, 15) is 0 Å². The van der Waals surface area contributed by atoms with E-state index in [1.165, 1.54) is 0 Å². The van der Waals surface area contributed by atoms with Crippen LogP contribution >= 0.6 is 0 Å². The van der Waals surface area contributed by atoms with Crippen molar-refractivity contribution < 1.29 is 0 Å². The second-order valence-electron chi connectivity index (χ2n) is 0.296. The Kier molecular flexibility index (Phi) is 1.83. The van der Waals surface area contributed by atoms with Gasteiger partial charge in [0.15, 0.2) is 0 Å². The highest BCUT2D eigenvalue weighted by atomic mass is 14.5. The summed E-state index contributed by atoms with van der Waals surface area (Å²) in [5.41, 5.74) is 4.54. The van der Waals surface area contributed by atoms with Crippen LogP contribution in [0.4, 0.5) is 0 Å². The first-order valence-electron chi connectivity index (χ1n) is 0.846. The zero-order valence-corrected chi connectivity index (χ0v) is 2.10. The van der Waals surface area contributed by atoms with Gasteiger partial charge in [0.25, 0.3) is 0 Å². The molecule has 0 unspecified atom stereocenters. The van der Waals surface area contributed by atoms with Gasteiger partial charge in [-0.1, -0.05) is 5.41 Å². The molecule has 2 nitrogen and oxygen atoms in total. The van der Waals surface area contributed by atoms with Crippen molar-refractivity contribution in [3.8, 4) is 0 Å². The van der Waals surface area contributed by atoms with Crippen LogP contribution in [0, 0.1) is 0 Å². The molecule has 0 atom stereocenters. The summed E-state index contributed by atoms with van der Waals surface area (Å²) in [4.78, 5) is 0. The number of hydrogen-bond acceptors (Lipinski definition) is 1. The average molecular weight is 55.1 g/mol. The fourth-order valence-electron chi connectivity index (χ4n) is 0. The van der Waals surface area contributed by atoms with Gasteiger partial charge in [-0.15, -0.1) is 0 Å². The van der Waals surface area contributed by atoms with Crippen molar-refractivity contribution in [1.29, 1.82) is 0 Å². The third-order valence-corrected chi connectivity index (χ3v) is 0.0745. The molecule has 0 aromatic heterocycles. The molecule has 2 heteroatoms. The summed E-state index contributed by atoms with van der Waals surface area (Å²) in [6.07, 6.45) is 0.931. The minimum atomic E-state index is 0.931. The Morgan fingerprint density at radius 1 is 2.00 bits per heavy atom. The number of rotatable bonds is 0. The van der Waals surface area contributed by atoms with Crippen molar-refractivity contribution in [2.45, 2.75) is 0 Å². The minimum absolute atomic E-state index is 0.931. The van der Waals surface area contributed by atoms with E-state index >= 15 is 0 Å².